The Morgan fingerprint density at radius 3 is 2.24 bits per heavy atom. The molecule has 0 spiro atoms. The van der Waals surface area contributed by atoms with Gasteiger partial charge in [-0.05, 0) is 55.7 Å². The van der Waals surface area contributed by atoms with Crippen LogP contribution in [0.2, 0.25) is 0 Å². The van der Waals surface area contributed by atoms with Crippen LogP contribution in [0.1, 0.15) is 30.9 Å². The van der Waals surface area contributed by atoms with Crippen molar-refractivity contribution in [3.8, 4) is 5.75 Å². The quantitative estimate of drug-likeness (QED) is 0.480. The van der Waals surface area contributed by atoms with Gasteiger partial charge in [-0.15, -0.1) is 0 Å². The molecule has 3 nitrogen and oxygen atoms in total. The van der Waals surface area contributed by atoms with Gasteiger partial charge in [-0.1, -0.05) is 31.5 Å². The molecule has 0 radical (unpaired) electrons. The molecule has 0 amide bonds. The van der Waals surface area contributed by atoms with Crippen molar-refractivity contribution in [2.75, 3.05) is 6.61 Å². The van der Waals surface area contributed by atoms with Gasteiger partial charge in [-0.2, -0.15) is 10.2 Å². The SMILES string of the molecule is CCCCOc1cc(C)c(/N=N/c2ccccc2)c(C)c1. The Hall–Kier alpha value is -2.16. The second-order valence-electron chi connectivity index (χ2n) is 5.14. The van der Waals surface area contributed by atoms with Crippen molar-refractivity contribution in [3.63, 3.8) is 0 Å². The number of unbranched alkanes of at least 4 members (excludes halogenated alkanes) is 1. The molecule has 0 saturated heterocycles. The molecule has 0 heterocycles. The molecule has 0 unspecified atom stereocenters. The minimum absolute atomic E-state index is 0.764. The highest BCUT2D eigenvalue weighted by Gasteiger charge is 2.05. The molecule has 0 aromatic heterocycles. The first-order valence-corrected chi connectivity index (χ1v) is 7.41. The lowest BCUT2D eigenvalue weighted by Crippen LogP contribution is -1.97. The summed E-state index contributed by atoms with van der Waals surface area (Å²) in [5.74, 6) is 0.914. The van der Waals surface area contributed by atoms with Crippen LogP contribution in [0.25, 0.3) is 0 Å². The van der Waals surface area contributed by atoms with Crippen molar-refractivity contribution >= 4 is 11.4 Å². The minimum atomic E-state index is 0.764. The number of azo groups is 1. The maximum atomic E-state index is 5.75. The molecule has 0 saturated carbocycles. The van der Waals surface area contributed by atoms with Gasteiger partial charge in [0.05, 0.1) is 18.0 Å². The number of benzene rings is 2. The number of rotatable bonds is 6. The lowest BCUT2D eigenvalue weighted by atomic mass is 10.1. The summed E-state index contributed by atoms with van der Waals surface area (Å²) in [7, 11) is 0. The van der Waals surface area contributed by atoms with Crippen LogP contribution in [0.4, 0.5) is 11.4 Å². The van der Waals surface area contributed by atoms with Crippen molar-refractivity contribution in [2.45, 2.75) is 33.6 Å². The van der Waals surface area contributed by atoms with Crippen molar-refractivity contribution < 1.29 is 4.74 Å². The van der Waals surface area contributed by atoms with Gasteiger partial charge in [0.1, 0.15) is 5.75 Å². The van der Waals surface area contributed by atoms with Gasteiger partial charge >= 0.3 is 0 Å². The zero-order chi connectivity index (χ0) is 15.1. The van der Waals surface area contributed by atoms with E-state index in [1.807, 2.05) is 56.3 Å². The third-order valence-electron chi connectivity index (χ3n) is 3.25. The summed E-state index contributed by atoms with van der Waals surface area (Å²) in [6.07, 6.45) is 2.22. The number of hydrogen-bond acceptors (Lipinski definition) is 3. The highest BCUT2D eigenvalue weighted by Crippen LogP contribution is 2.30. The van der Waals surface area contributed by atoms with Gasteiger partial charge in [0.2, 0.25) is 0 Å². The first-order valence-electron chi connectivity index (χ1n) is 7.41. The average Bonchev–Trinajstić information content (AvgIpc) is 2.48. The molecule has 0 N–H and O–H groups in total. The molecular weight excluding hydrogens is 260 g/mol. The maximum absolute atomic E-state index is 5.75. The van der Waals surface area contributed by atoms with Crippen LogP contribution in [-0.2, 0) is 0 Å². The lowest BCUT2D eigenvalue weighted by molar-refractivity contribution is 0.309. The highest BCUT2D eigenvalue weighted by molar-refractivity contribution is 5.55. The molecule has 0 fully saturated rings. The standard InChI is InChI=1S/C18H22N2O/c1-4-5-11-21-17-12-14(2)18(15(3)13-17)20-19-16-9-7-6-8-10-16/h6-10,12-13H,4-5,11H2,1-3H3/b20-19+. The Kier molecular flexibility index (Phi) is 5.50. The predicted molar refractivity (Wildman–Crippen MR) is 86.9 cm³/mol. The fraction of sp³-hybridized carbons (Fsp3) is 0.333. The van der Waals surface area contributed by atoms with E-state index in [-0.39, 0.29) is 0 Å². The monoisotopic (exact) mass is 282 g/mol. The average molecular weight is 282 g/mol. The molecule has 2 aromatic rings. The number of ether oxygens (including phenoxy) is 1. The number of aryl methyl sites for hydroxylation is 2. The lowest BCUT2D eigenvalue weighted by Gasteiger charge is -2.10. The van der Waals surface area contributed by atoms with Gasteiger partial charge in [0, 0.05) is 0 Å². The summed E-state index contributed by atoms with van der Waals surface area (Å²) < 4.78 is 5.75. The first-order chi connectivity index (χ1) is 10.2. The van der Waals surface area contributed by atoms with Crippen molar-refractivity contribution in [3.05, 3.63) is 53.6 Å². The molecule has 110 valence electrons. The number of nitrogens with zero attached hydrogens (tertiary/aromatic N) is 2. The zero-order valence-electron chi connectivity index (χ0n) is 13.0. The third kappa shape index (κ3) is 4.42. The van der Waals surface area contributed by atoms with E-state index in [1.165, 1.54) is 0 Å². The molecule has 2 aromatic carbocycles. The Bertz CT molecular complexity index is 583. The van der Waals surface area contributed by atoms with Gasteiger partial charge in [0.15, 0.2) is 0 Å². The largest absolute Gasteiger partial charge is 0.494 e. The van der Waals surface area contributed by atoms with Crippen LogP contribution in [0.15, 0.2) is 52.7 Å². The second kappa shape index (κ2) is 7.58. The van der Waals surface area contributed by atoms with Crippen molar-refractivity contribution in [1.29, 1.82) is 0 Å². The summed E-state index contributed by atoms with van der Waals surface area (Å²) in [6.45, 7) is 7.01. The van der Waals surface area contributed by atoms with Crippen LogP contribution in [-0.4, -0.2) is 6.61 Å². The molecule has 0 bridgehead atoms. The van der Waals surface area contributed by atoms with Crippen LogP contribution < -0.4 is 4.74 Å². The van der Waals surface area contributed by atoms with Crippen LogP contribution in [0.3, 0.4) is 0 Å². The second-order valence-corrected chi connectivity index (χ2v) is 5.14. The Morgan fingerprint density at radius 2 is 1.62 bits per heavy atom. The molecular formula is C18H22N2O. The topological polar surface area (TPSA) is 34.0 Å². The smallest absolute Gasteiger partial charge is 0.119 e. The van der Waals surface area contributed by atoms with E-state index in [1.54, 1.807) is 0 Å². The minimum Gasteiger partial charge on any atom is -0.494 e. The van der Waals surface area contributed by atoms with E-state index in [0.29, 0.717) is 0 Å². The molecule has 0 aliphatic rings. The fourth-order valence-electron chi connectivity index (χ4n) is 2.09. The Morgan fingerprint density at radius 1 is 0.952 bits per heavy atom. The van der Waals surface area contributed by atoms with Gasteiger partial charge < -0.3 is 4.74 Å². The third-order valence-corrected chi connectivity index (χ3v) is 3.25. The van der Waals surface area contributed by atoms with Gasteiger partial charge in [0.25, 0.3) is 0 Å². The molecule has 3 heteroatoms. The number of hydrogen-bond donors (Lipinski definition) is 0. The molecule has 21 heavy (non-hydrogen) atoms. The summed E-state index contributed by atoms with van der Waals surface area (Å²) in [5.41, 5.74) is 3.95. The Labute approximate surface area is 126 Å². The normalized spacial score (nSPS) is 11.0. The van der Waals surface area contributed by atoms with E-state index in [2.05, 4.69) is 17.2 Å². The van der Waals surface area contributed by atoms with E-state index in [0.717, 1.165) is 47.7 Å². The maximum Gasteiger partial charge on any atom is 0.119 e. The van der Waals surface area contributed by atoms with Gasteiger partial charge in [-0.3, -0.25) is 0 Å². The van der Waals surface area contributed by atoms with Crippen molar-refractivity contribution in [1.82, 2.24) is 0 Å². The van der Waals surface area contributed by atoms with E-state index in [4.69, 9.17) is 4.74 Å². The molecule has 0 aliphatic heterocycles. The fourth-order valence-corrected chi connectivity index (χ4v) is 2.09. The van der Waals surface area contributed by atoms with Crippen LogP contribution >= 0.6 is 0 Å². The molecule has 0 atom stereocenters. The highest BCUT2D eigenvalue weighted by atomic mass is 16.5. The summed E-state index contributed by atoms with van der Waals surface area (Å²) in [5, 5.41) is 8.67. The van der Waals surface area contributed by atoms with Crippen LogP contribution in [0.5, 0.6) is 5.75 Å². The van der Waals surface area contributed by atoms with Crippen LogP contribution in [0, 0.1) is 13.8 Å². The summed E-state index contributed by atoms with van der Waals surface area (Å²) in [6, 6.07) is 13.8. The summed E-state index contributed by atoms with van der Waals surface area (Å²) >= 11 is 0. The van der Waals surface area contributed by atoms with E-state index < -0.39 is 0 Å². The van der Waals surface area contributed by atoms with E-state index >= 15 is 0 Å². The first kappa shape index (κ1) is 15.2. The zero-order valence-corrected chi connectivity index (χ0v) is 13.0. The molecule has 2 rings (SSSR count). The van der Waals surface area contributed by atoms with E-state index in [9.17, 15) is 0 Å². The van der Waals surface area contributed by atoms with Crippen molar-refractivity contribution in [2.24, 2.45) is 10.2 Å². The Balaban J connectivity index is 2.15. The predicted octanol–water partition coefficient (Wildman–Crippen LogP) is 5.90. The van der Waals surface area contributed by atoms with Gasteiger partial charge in [-0.25, -0.2) is 0 Å². The molecule has 0 aliphatic carbocycles. The summed E-state index contributed by atoms with van der Waals surface area (Å²) in [4.78, 5) is 0.